The molecular formula is C14H16O2Os. The topological polar surface area (TPSA) is 26.3 Å². The van der Waals surface area contributed by atoms with E-state index in [0.29, 0.717) is 0 Å². The summed E-state index contributed by atoms with van der Waals surface area (Å²) in [5, 5.41) is 0. The van der Waals surface area contributed by atoms with Gasteiger partial charge in [0.15, 0.2) is 0 Å². The predicted molar refractivity (Wildman–Crippen MR) is 64.3 cm³/mol. The van der Waals surface area contributed by atoms with Crippen molar-refractivity contribution in [2.45, 2.75) is 20.0 Å². The largest absolute Gasteiger partial charge is 2.00 e. The summed E-state index contributed by atoms with van der Waals surface area (Å²) < 4.78 is 4.96. The van der Waals surface area contributed by atoms with Crippen LogP contribution < -0.4 is 0 Å². The predicted octanol–water partition coefficient (Wildman–Crippen LogP) is 3.43. The maximum absolute atomic E-state index is 10.5. The van der Waals surface area contributed by atoms with Gasteiger partial charge in [0.2, 0.25) is 0 Å². The molecule has 2 aromatic rings. The monoisotopic (exact) mass is 408 g/mol. The molecule has 0 aliphatic heterocycles. The molecule has 0 N–H and O–H groups in total. The van der Waals surface area contributed by atoms with Crippen molar-refractivity contribution in [3.63, 3.8) is 0 Å². The summed E-state index contributed by atoms with van der Waals surface area (Å²) in [5.41, 5.74) is 1.04. The van der Waals surface area contributed by atoms with Crippen LogP contribution in [0.3, 0.4) is 0 Å². The minimum absolute atomic E-state index is 0. The van der Waals surface area contributed by atoms with Gasteiger partial charge in [-0.15, -0.1) is 5.56 Å². The van der Waals surface area contributed by atoms with Crippen LogP contribution in [0, 0.1) is 0 Å². The third-order valence-electron chi connectivity index (χ3n) is 2.06. The van der Waals surface area contributed by atoms with Crippen molar-refractivity contribution in [2.24, 2.45) is 0 Å². The number of hydrogen-bond donors (Lipinski definition) is 0. The van der Waals surface area contributed by atoms with Crippen LogP contribution in [0.15, 0.2) is 54.6 Å². The van der Waals surface area contributed by atoms with Crippen LogP contribution in [0.1, 0.15) is 25.5 Å². The molecule has 1 unspecified atom stereocenters. The van der Waals surface area contributed by atoms with Crippen LogP contribution in [0.2, 0.25) is 0 Å². The normalized spacial score (nSPS) is 10.5. The van der Waals surface area contributed by atoms with Gasteiger partial charge in [-0.2, -0.15) is 30.3 Å². The maximum Gasteiger partial charge on any atom is 2.00 e. The summed E-state index contributed by atoms with van der Waals surface area (Å²) >= 11 is 0. The molecule has 2 aromatic carbocycles. The SMILES string of the molecule is CC(=O)OC(C)[c-]1cccc1.[Os+2].c1cc[cH-]c1. The summed E-state index contributed by atoms with van der Waals surface area (Å²) in [6.45, 7) is 3.27. The van der Waals surface area contributed by atoms with E-state index >= 15 is 0 Å². The molecule has 2 rings (SSSR count). The summed E-state index contributed by atoms with van der Waals surface area (Å²) in [6, 6.07) is 17.7. The summed E-state index contributed by atoms with van der Waals surface area (Å²) in [7, 11) is 0. The Morgan fingerprint density at radius 1 is 1.18 bits per heavy atom. The second-order valence-electron chi connectivity index (χ2n) is 3.43. The molecule has 0 heterocycles. The third-order valence-corrected chi connectivity index (χ3v) is 2.06. The first-order valence-corrected chi connectivity index (χ1v) is 5.25. The van der Waals surface area contributed by atoms with E-state index in [9.17, 15) is 4.79 Å². The Morgan fingerprint density at radius 2 is 1.71 bits per heavy atom. The van der Waals surface area contributed by atoms with E-state index in [-0.39, 0.29) is 31.9 Å². The Balaban J connectivity index is 0.000000360. The van der Waals surface area contributed by atoms with Gasteiger partial charge >= 0.3 is 25.8 Å². The Bertz CT molecular complexity index is 359. The molecule has 17 heavy (non-hydrogen) atoms. The number of carbonyl (C=O) groups excluding carboxylic acids is 1. The van der Waals surface area contributed by atoms with Gasteiger partial charge in [0.05, 0.1) is 6.10 Å². The molecular weight excluding hydrogens is 390 g/mol. The quantitative estimate of drug-likeness (QED) is 0.564. The molecule has 0 radical (unpaired) electrons. The Labute approximate surface area is 115 Å². The van der Waals surface area contributed by atoms with E-state index in [0.717, 1.165) is 5.56 Å². The molecule has 92 valence electrons. The minimum Gasteiger partial charge on any atom is -0.471 e. The second-order valence-corrected chi connectivity index (χ2v) is 3.43. The number of esters is 1. The van der Waals surface area contributed by atoms with E-state index in [1.807, 2.05) is 61.5 Å². The van der Waals surface area contributed by atoms with Crippen molar-refractivity contribution in [1.82, 2.24) is 0 Å². The first-order chi connectivity index (χ1) is 7.70. The molecule has 0 aliphatic carbocycles. The van der Waals surface area contributed by atoms with Gasteiger partial charge < -0.3 is 4.74 Å². The fourth-order valence-corrected chi connectivity index (χ4v) is 1.30. The average Bonchev–Trinajstić information content (AvgIpc) is 2.94. The molecule has 0 amide bonds. The molecule has 0 aliphatic rings. The van der Waals surface area contributed by atoms with E-state index in [4.69, 9.17) is 4.74 Å². The van der Waals surface area contributed by atoms with Crippen molar-refractivity contribution in [3.8, 4) is 0 Å². The molecule has 0 aromatic heterocycles. The number of rotatable bonds is 2. The Hall–Kier alpha value is -1.19. The summed E-state index contributed by atoms with van der Waals surface area (Å²) in [5.74, 6) is -0.237. The van der Waals surface area contributed by atoms with Crippen LogP contribution in [-0.4, -0.2) is 5.97 Å². The van der Waals surface area contributed by atoms with Crippen LogP contribution in [-0.2, 0) is 29.3 Å². The summed E-state index contributed by atoms with van der Waals surface area (Å²) in [6.07, 6.45) is -0.123. The summed E-state index contributed by atoms with van der Waals surface area (Å²) in [4.78, 5) is 10.5. The maximum atomic E-state index is 10.5. The minimum atomic E-state index is -0.237. The zero-order chi connectivity index (χ0) is 11.8. The van der Waals surface area contributed by atoms with E-state index < -0.39 is 0 Å². The van der Waals surface area contributed by atoms with Gasteiger partial charge in [0, 0.05) is 6.92 Å². The molecule has 0 saturated heterocycles. The molecule has 3 heteroatoms. The van der Waals surface area contributed by atoms with Crippen molar-refractivity contribution >= 4 is 5.97 Å². The first kappa shape index (κ1) is 15.8. The molecule has 0 bridgehead atoms. The zero-order valence-corrected chi connectivity index (χ0v) is 12.5. The first-order valence-electron chi connectivity index (χ1n) is 5.25. The molecule has 0 saturated carbocycles. The van der Waals surface area contributed by atoms with Gasteiger partial charge in [0.1, 0.15) is 0 Å². The van der Waals surface area contributed by atoms with Gasteiger partial charge in [0.25, 0.3) is 0 Å². The Morgan fingerprint density at radius 3 is 2.06 bits per heavy atom. The van der Waals surface area contributed by atoms with Crippen LogP contribution in [0.4, 0.5) is 0 Å². The smallest absolute Gasteiger partial charge is 0.471 e. The van der Waals surface area contributed by atoms with Crippen molar-refractivity contribution in [1.29, 1.82) is 0 Å². The zero-order valence-electron chi connectivity index (χ0n) is 9.94. The molecule has 2 nitrogen and oxygen atoms in total. The van der Waals surface area contributed by atoms with Crippen LogP contribution in [0.5, 0.6) is 0 Å². The van der Waals surface area contributed by atoms with Gasteiger partial charge in [-0.25, -0.2) is 24.3 Å². The molecule has 1 atom stereocenters. The van der Waals surface area contributed by atoms with Crippen molar-refractivity contribution < 1.29 is 29.3 Å². The fourth-order valence-electron chi connectivity index (χ4n) is 1.30. The van der Waals surface area contributed by atoms with E-state index in [1.165, 1.54) is 6.92 Å². The number of ether oxygens (including phenoxy) is 1. The molecule has 0 spiro atoms. The second kappa shape index (κ2) is 8.90. The Kier molecular flexibility index (Phi) is 8.28. The van der Waals surface area contributed by atoms with Crippen molar-refractivity contribution in [2.75, 3.05) is 0 Å². The average molecular weight is 407 g/mol. The third kappa shape index (κ3) is 6.87. The van der Waals surface area contributed by atoms with Crippen molar-refractivity contribution in [3.05, 3.63) is 60.2 Å². The fraction of sp³-hybridized carbons (Fsp3) is 0.214. The number of hydrogen-bond acceptors (Lipinski definition) is 2. The number of carbonyl (C=O) groups is 1. The van der Waals surface area contributed by atoms with E-state index in [1.54, 1.807) is 0 Å². The van der Waals surface area contributed by atoms with Crippen LogP contribution in [0.25, 0.3) is 0 Å². The van der Waals surface area contributed by atoms with Crippen LogP contribution >= 0.6 is 0 Å². The standard InChI is InChI=1S/C9H11O2.C5H5.Os/c1-7(11-8(2)10)9-5-3-4-6-9;1-2-4-5-3-1;/h3-7H,1-2H3;1-5H;/q2*-1;+2. The van der Waals surface area contributed by atoms with Gasteiger partial charge in [-0.05, 0) is 6.92 Å². The molecule has 0 fully saturated rings. The van der Waals surface area contributed by atoms with Gasteiger partial charge in [-0.3, -0.25) is 4.79 Å². The van der Waals surface area contributed by atoms with E-state index in [2.05, 4.69) is 0 Å². The van der Waals surface area contributed by atoms with Gasteiger partial charge in [-0.1, -0.05) is 0 Å².